The normalized spacial score (nSPS) is 21.0. The SMILES string of the molecule is O=C(NCc1cccc(-c2cccc(C3OC(CSc4ccccc4)CC(c4ccc(CO)cc4)O3)c2)c1)C1CCCN1C(=O)C(F)(F)F. The highest BCUT2D eigenvalue weighted by Gasteiger charge is 2.47. The standard InChI is InChI=1S/C38H37F3N2O5S/c39-38(40,41)37(46)43-18-6-13-33(43)35(45)42-22-26-7-4-8-28(19-26)29-9-5-10-30(20-29)36-47-31(24-49-32-11-2-1-3-12-32)21-34(48-36)27-16-14-25(23-44)15-17-27/h1-5,7-12,14-17,19-20,31,33-34,36,44H,6,13,18,21-24H2,(H,42,45). The number of aliphatic hydroxyl groups is 1. The Bertz CT molecular complexity index is 1740. The molecule has 256 valence electrons. The lowest BCUT2D eigenvalue weighted by molar-refractivity contribution is -0.245. The van der Waals surface area contributed by atoms with Gasteiger partial charge in [-0.1, -0.05) is 78.9 Å². The number of likely N-dealkylation sites (tertiary alicyclic amines) is 1. The molecule has 0 bridgehead atoms. The van der Waals surface area contributed by atoms with Gasteiger partial charge < -0.3 is 24.8 Å². The lowest BCUT2D eigenvalue weighted by Gasteiger charge is -2.36. The minimum Gasteiger partial charge on any atom is -0.392 e. The fourth-order valence-corrected chi connectivity index (χ4v) is 7.15. The Labute approximate surface area is 287 Å². The van der Waals surface area contributed by atoms with Crippen LogP contribution in [0.15, 0.2) is 108 Å². The van der Waals surface area contributed by atoms with Gasteiger partial charge in [0, 0.05) is 35.7 Å². The molecule has 7 nitrogen and oxygen atoms in total. The number of aliphatic hydroxyl groups excluding tert-OH is 1. The largest absolute Gasteiger partial charge is 0.471 e. The number of carbonyl (C=O) groups is 2. The van der Waals surface area contributed by atoms with Crippen molar-refractivity contribution >= 4 is 23.6 Å². The van der Waals surface area contributed by atoms with Gasteiger partial charge in [0.05, 0.1) is 18.8 Å². The number of hydrogen-bond acceptors (Lipinski definition) is 6. The van der Waals surface area contributed by atoms with Gasteiger partial charge in [-0.3, -0.25) is 9.59 Å². The molecule has 2 N–H and O–H groups in total. The molecule has 0 radical (unpaired) electrons. The van der Waals surface area contributed by atoms with Crippen LogP contribution in [0.2, 0.25) is 0 Å². The zero-order valence-corrected chi connectivity index (χ0v) is 27.5. The van der Waals surface area contributed by atoms with E-state index in [4.69, 9.17) is 9.47 Å². The minimum absolute atomic E-state index is 0.0314. The maximum Gasteiger partial charge on any atom is 0.471 e. The molecule has 0 spiro atoms. The van der Waals surface area contributed by atoms with Gasteiger partial charge >= 0.3 is 12.1 Å². The summed E-state index contributed by atoms with van der Waals surface area (Å²) in [6.07, 6.45) is -4.76. The number of hydrogen-bond donors (Lipinski definition) is 2. The van der Waals surface area contributed by atoms with Crippen molar-refractivity contribution in [3.8, 4) is 11.1 Å². The van der Waals surface area contributed by atoms with Crippen molar-refractivity contribution in [1.82, 2.24) is 10.2 Å². The van der Waals surface area contributed by atoms with E-state index in [1.54, 1.807) is 11.8 Å². The summed E-state index contributed by atoms with van der Waals surface area (Å²) < 4.78 is 52.2. The van der Waals surface area contributed by atoms with E-state index in [0.717, 1.165) is 44.0 Å². The second kappa shape index (κ2) is 15.6. The highest BCUT2D eigenvalue weighted by molar-refractivity contribution is 7.99. The van der Waals surface area contributed by atoms with Gasteiger partial charge in [-0.25, -0.2) is 0 Å². The zero-order chi connectivity index (χ0) is 34.4. The average molecular weight is 691 g/mol. The summed E-state index contributed by atoms with van der Waals surface area (Å²) in [5.74, 6) is -1.84. The molecular formula is C38H37F3N2O5S. The molecule has 6 rings (SSSR count). The lowest BCUT2D eigenvalue weighted by Crippen LogP contribution is -2.50. The summed E-state index contributed by atoms with van der Waals surface area (Å²) in [5.41, 5.74) is 5.23. The Kier molecular flexibility index (Phi) is 11.0. The molecule has 4 aromatic rings. The molecule has 11 heteroatoms. The van der Waals surface area contributed by atoms with Gasteiger partial charge in [0.15, 0.2) is 6.29 Å². The molecule has 4 atom stereocenters. The fraction of sp³-hybridized carbons (Fsp3) is 0.316. The van der Waals surface area contributed by atoms with E-state index in [-0.39, 0.29) is 38.3 Å². The van der Waals surface area contributed by atoms with Crippen molar-refractivity contribution in [1.29, 1.82) is 0 Å². The van der Waals surface area contributed by atoms with Crippen LogP contribution in [-0.4, -0.2) is 52.4 Å². The zero-order valence-electron chi connectivity index (χ0n) is 26.6. The number of amides is 2. The maximum absolute atomic E-state index is 13.0. The van der Waals surface area contributed by atoms with Gasteiger partial charge in [0.2, 0.25) is 5.91 Å². The first-order valence-corrected chi connectivity index (χ1v) is 17.2. The van der Waals surface area contributed by atoms with E-state index < -0.39 is 30.3 Å². The monoisotopic (exact) mass is 690 g/mol. The van der Waals surface area contributed by atoms with Gasteiger partial charge in [0.1, 0.15) is 6.04 Å². The van der Waals surface area contributed by atoms with Gasteiger partial charge in [0.25, 0.3) is 0 Å². The Morgan fingerprint density at radius 2 is 1.59 bits per heavy atom. The van der Waals surface area contributed by atoms with Crippen molar-refractivity contribution in [2.75, 3.05) is 12.3 Å². The van der Waals surface area contributed by atoms with Crippen LogP contribution in [0.1, 0.15) is 53.9 Å². The third-order valence-corrected chi connectivity index (χ3v) is 9.88. The first-order valence-electron chi connectivity index (χ1n) is 16.2. The van der Waals surface area contributed by atoms with Crippen LogP contribution < -0.4 is 5.32 Å². The molecule has 2 fully saturated rings. The van der Waals surface area contributed by atoms with Crippen LogP contribution in [-0.2, 0) is 32.2 Å². The van der Waals surface area contributed by atoms with Crippen LogP contribution in [0.25, 0.3) is 11.1 Å². The van der Waals surface area contributed by atoms with E-state index in [1.165, 1.54) is 0 Å². The summed E-state index contributed by atoms with van der Waals surface area (Å²) in [6, 6.07) is 32.2. The van der Waals surface area contributed by atoms with Gasteiger partial charge in [-0.2, -0.15) is 13.2 Å². The number of nitrogens with zero attached hydrogens (tertiary/aromatic N) is 1. The molecular weight excluding hydrogens is 653 g/mol. The smallest absolute Gasteiger partial charge is 0.392 e. The van der Waals surface area contributed by atoms with E-state index in [0.29, 0.717) is 17.7 Å². The lowest BCUT2D eigenvalue weighted by atomic mass is 9.99. The number of nitrogens with one attached hydrogen (secondary N) is 1. The molecule has 2 heterocycles. The van der Waals surface area contributed by atoms with E-state index in [1.807, 2.05) is 91.0 Å². The van der Waals surface area contributed by atoms with E-state index >= 15 is 0 Å². The average Bonchev–Trinajstić information content (AvgIpc) is 3.63. The molecule has 2 saturated heterocycles. The summed E-state index contributed by atoms with van der Waals surface area (Å²) in [7, 11) is 0. The molecule has 49 heavy (non-hydrogen) atoms. The molecule has 0 saturated carbocycles. The number of alkyl halides is 3. The van der Waals surface area contributed by atoms with Crippen LogP contribution >= 0.6 is 11.8 Å². The number of carbonyl (C=O) groups excluding carboxylic acids is 2. The second-order valence-electron chi connectivity index (χ2n) is 12.2. The first kappa shape index (κ1) is 34.7. The highest BCUT2D eigenvalue weighted by Crippen LogP contribution is 2.40. The van der Waals surface area contributed by atoms with Crippen molar-refractivity contribution in [2.24, 2.45) is 0 Å². The number of thioether (sulfide) groups is 1. The molecule has 2 aliphatic heterocycles. The van der Waals surface area contributed by atoms with Crippen molar-refractivity contribution in [3.63, 3.8) is 0 Å². The molecule has 0 aliphatic carbocycles. The Balaban J connectivity index is 1.16. The minimum atomic E-state index is -5.02. The van der Waals surface area contributed by atoms with Crippen LogP contribution in [0.5, 0.6) is 0 Å². The van der Waals surface area contributed by atoms with Crippen LogP contribution in [0.3, 0.4) is 0 Å². The third-order valence-electron chi connectivity index (χ3n) is 8.74. The number of ether oxygens (including phenoxy) is 2. The number of rotatable bonds is 10. The summed E-state index contributed by atoms with van der Waals surface area (Å²) in [6.45, 7) is -0.0281. The topological polar surface area (TPSA) is 88.1 Å². The number of halogens is 3. The Morgan fingerprint density at radius 3 is 2.33 bits per heavy atom. The van der Waals surface area contributed by atoms with Crippen molar-refractivity contribution in [2.45, 2.75) is 68.0 Å². The van der Waals surface area contributed by atoms with E-state index in [9.17, 15) is 27.9 Å². The van der Waals surface area contributed by atoms with Crippen LogP contribution in [0.4, 0.5) is 13.2 Å². The molecule has 4 aromatic carbocycles. The third kappa shape index (κ3) is 8.72. The highest BCUT2D eigenvalue weighted by atomic mass is 32.2. The predicted molar refractivity (Wildman–Crippen MR) is 180 cm³/mol. The van der Waals surface area contributed by atoms with Crippen molar-refractivity contribution < 1.29 is 37.3 Å². The molecule has 2 aliphatic rings. The summed E-state index contributed by atoms with van der Waals surface area (Å²) >= 11 is 1.73. The Hall–Kier alpha value is -4.16. The summed E-state index contributed by atoms with van der Waals surface area (Å²) in [5, 5.41) is 12.2. The first-order chi connectivity index (χ1) is 23.7. The van der Waals surface area contributed by atoms with Gasteiger partial charge in [-0.05, 0) is 64.9 Å². The Morgan fingerprint density at radius 1 is 0.857 bits per heavy atom. The summed E-state index contributed by atoms with van der Waals surface area (Å²) in [4.78, 5) is 26.4. The van der Waals surface area contributed by atoms with Crippen molar-refractivity contribution in [3.05, 3.63) is 125 Å². The molecule has 2 amide bonds. The molecule has 4 unspecified atom stereocenters. The maximum atomic E-state index is 13.0. The predicted octanol–water partition coefficient (Wildman–Crippen LogP) is 7.35. The van der Waals surface area contributed by atoms with Gasteiger partial charge in [-0.15, -0.1) is 11.8 Å². The fourth-order valence-electron chi connectivity index (χ4n) is 6.21. The number of benzene rings is 4. The second-order valence-corrected chi connectivity index (χ2v) is 13.3. The van der Waals surface area contributed by atoms with Crippen LogP contribution in [0, 0.1) is 0 Å². The van der Waals surface area contributed by atoms with E-state index in [2.05, 4.69) is 17.4 Å². The quantitative estimate of drug-likeness (QED) is 0.169. The molecule has 0 aromatic heterocycles.